The van der Waals surface area contributed by atoms with Crippen LogP contribution in [-0.2, 0) is 10.0 Å². The van der Waals surface area contributed by atoms with Crippen molar-refractivity contribution in [2.45, 2.75) is 23.7 Å². The molecule has 0 aliphatic carbocycles. The van der Waals surface area contributed by atoms with Crippen molar-refractivity contribution in [3.05, 3.63) is 69.1 Å². The molecule has 1 saturated heterocycles. The Kier molecular flexibility index (Phi) is 6.52. The summed E-state index contributed by atoms with van der Waals surface area (Å²) < 4.78 is 53.6. The van der Waals surface area contributed by atoms with Crippen LogP contribution in [0.25, 0.3) is 0 Å². The number of benzene rings is 2. The Morgan fingerprint density at radius 2 is 1.88 bits per heavy atom. The molecule has 1 aliphatic heterocycles. The molecule has 1 aliphatic rings. The largest absolute Gasteiger partial charge is 0.320 e. The molecule has 168 valence electrons. The highest BCUT2D eigenvalue weighted by Gasteiger charge is 2.32. The molecular formula is C20H17ClF2N4O3S2. The van der Waals surface area contributed by atoms with E-state index in [0.29, 0.717) is 23.5 Å². The molecule has 3 aromatic rings. The third-order valence-electron chi connectivity index (χ3n) is 5.05. The fraction of sp³-hybridized carbons (Fsp3) is 0.250. The normalized spacial score (nSPS) is 15.6. The number of anilines is 1. The average Bonchev–Trinajstić information content (AvgIpc) is 3.26. The molecule has 32 heavy (non-hydrogen) atoms. The third-order valence-corrected chi connectivity index (χ3v) is 8.32. The van der Waals surface area contributed by atoms with Gasteiger partial charge in [-0.05, 0) is 49.2 Å². The van der Waals surface area contributed by atoms with Gasteiger partial charge in [0.1, 0.15) is 16.6 Å². The molecule has 0 unspecified atom stereocenters. The van der Waals surface area contributed by atoms with Crippen molar-refractivity contribution in [3.8, 4) is 0 Å². The minimum atomic E-state index is -3.80. The minimum Gasteiger partial charge on any atom is -0.320 e. The number of hydrogen-bond acceptors (Lipinski definition) is 6. The number of amides is 1. The van der Waals surface area contributed by atoms with Crippen molar-refractivity contribution in [3.63, 3.8) is 0 Å². The molecule has 0 atom stereocenters. The zero-order valence-electron chi connectivity index (χ0n) is 16.5. The highest BCUT2D eigenvalue weighted by molar-refractivity contribution is 7.89. The summed E-state index contributed by atoms with van der Waals surface area (Å²) in [5, 5.41) is 11.1. The van der Waals surface area contributed by atoms with Crippen molar-refractivity contribution in [2.75, 3.05) is 18.4 Å². The van der Waals surface area contributed by atoms with Crippen LogP contribution < -0.4 is 5.32 Å². The Hall–Kier alpha value is -2.47. The molecule has 12 heteroatoms. The third kappa shape index (κ3) is 4.80. The van der Waals surface area contributed by atoms with Gasteiger partial charge in [-0.1, -0.05) is 29.0 Å². The topological polar surface area (TPSA) is 92.3 Å². The average molecular weight is 499 g/mol. The van der Waals surface area contributed by atoms with Crippen LogP contribution in [0, 0.1) is 11.6 Å². The number of piperidine rings is 1. The lowest BCUT2D eigenvalue weighted by atomic mass is 9.99. The molecular weight excluding hydrogens is 482 g/mol. The monoisotopic (exact) mass is 498 g/mol. The second-order valence-corrected chi connectivity index (χ2v) is 10.5. The number of nitrogens with one attached hydrogen (secondary N) is 1. The molecule has 0 saturated carbocycles. The van der Waals surface area contributed by atoms with E-state index in [2.05, 4.69) is 15.5 Å². The SMILES string of the molecule is O=C(Nc1cccc(F)c1)c1nnc(C2CCN(S(=O)(=O)c3ccc(F)c(Cl)c3)CC2)s1. The molecule has 2 heterocycles. The first-order chi connectivity index (χ1) is 15.2. The van der Waals surface area contributed by atoms with Crippen LogP contribution in [0.2, 0.25) is 5.02 Å². The van der Waals surface area contributed by atoms with E-state index in [9.17, 15) is 22.0 Å². The molecule has 0 radical (unpaired) electrons. The predicted octanol–water partition coefficient (Wildman–Crippen LogP) is 4.29. The molecule has 2 aromatic carbocycles. The van der Waals surface area contributed by atoms with Crippen LogP contribution in [0.5, 0.6) is 0 Å². The zero-order valence-corrected chi connectivity index (χ0v) is 18.9. The van der Waals surface area contributed by atoms with E-state index in [4.69, 9.17) is 11.6 Å². The summed E-state index contributed by atoms with van der Waals surface area (Å²) in [5.41, 5.74) is 0.311. The molecule has 7 nitrogen and oxygen atoms in total. The maximum atomic E-state index is 13.4. The summed E-state index contributed by atoms with van der Waals surface area (Å²) in [6.07, 6.45) is 0.989. The van der Waals surface area contributed by atoms with Crippen molar-refractivity contribution in [1.29, 1.82) is 0 Å². The molecule has 1 amide bonds. The molecule has 1 fully saturated rings. The molecule has 1 aromatic heterocycles. The van der Waals surface area contributed by atoms with Gasteiger partial charge in [-0.15, -0.1) is 10.2 Å². The summed E-state index contributed by atoms with van der Waals surface area (Å²) in [5.74, 6) is -1.69. The lowest BCUT2D eigenvalue weighted by molar-refractivity contribution is 0.102. The van der Waals surface area contributed by atoms with Gasteiger partial charge in [-0.3, -0.25) is 4.79 Å². The summed E-state index contributed by atoms with van der Waals surface area (Å²) in [6.45, 7) is 0.485. The Bertz CT molecular complexity index is 1260. The van der Waals surface area contributed by atoms with E-state index < -0.39 is 27.6 Å². The standard InChI is InChI=1S/C20H17ClF2N4O3S2/c21-16-11-15(4-5-17(16)23)32(29,30)27-8-6-12(7-9-27)19-25-26-20(31-19)18(28)24-14-3-1-2-13(22)10-14/h1-5,10-12H,6-9H2,(H,24,28). The van der Waals surface area contributed by atoms with Gasteiger partial charge in [-0.25, -0.2) is 17.2 Å². The van der Waals surface area contributed by atoms with Crippen LogP contribution in [0.15, 0.2) is 47.4 Å². The number of sulfonamides is 1. The van der Waals surface area contributed by atoms with E-state index in [1.165, 1.54) is 28.6 Å². The van der Waals surface area contributed by atoms with Gasteiger partial charge < -0.3 is 5.32 Å². The highest BCUT2D eigenvalue weighted by atomic mass is 35.5. The van der Waals surface area contributed by atoms with Gasteiger partial charge in [0.15, 0.2) is 0 Å². The van der Waals surface area contributed by atoms with Gasteiger partial charge in [0, 0.05) is 24.7 Å². The number of nitrogens with zero attached hydrogens (tertiary/aromatic N) is 3. The van der Waals surface area contributed by atoms with Gasteiger partial charge in [-0.2, -0.15) is 4.31 Å². The first-order valence-electron chi connectivity index (χ1n) is 9.59. The second kappa shape index (κ2) is 9.18. The van der Waals surface area contributed by atoms with E-state index in [0.717, 1.165) is 23.5 Å². The number of hydrogen-bond donors (Lipinski definition) is 1. The van der Waals surface area contributed by atoms with E-state index >= 15 is 0 Å². The maximum absolute atomic E-state index is 13.4. The fourth-order valence-corrected chi connectivity index (χ4v) is 6.02. The van der Waals surface area contributed by atoms with Crippen LogP contribution in [0.1, 0.15) is 33.6 Å². The Balaban J connectivity index is 1.40. The van der Waals surface area contributed by atoms with Gasteiger partial charge in [0.05, 0.1) is 9.92 Å². The maximum Gasteiger partial charge on any atom is 0.286 e. The van der Waals surface area contributed by atoms with Crippen LogP contribution in [0.3, 0.4) is 0 Å². The zero-order chi connectivity index (χ0) is 22.9. The van der Waals surface area contributed by atoms with E-state index in [1.54, 1.807) is 6.07 Å². The number of halogens is 3. The molecule has 0 spiro atoms. The van der Waals surface area contributed by atoms with Gasteiger partial charge in [0.2, 0.25) is 15.0 Å². The summed E-state index contributed by atoms with van der Waals surface area (Å²) in [4.78, 5) is 12.3. The Morgan fingerprint density at radius 3 is 2.56 bits per heavy atom. The first-order valence-corrected chi connectivity index (χ1v) is 12.2. The van der Waals surface area contributed by atoms with Crippen molar-refractivity contribution in [1.82, 2.24) is 14.5 Å². The smallest absolute Gasteiger partial charge is 0.286 e. The van der Waals surface area contributed by atoms with Crippen LogP contribution >= 0.6 is 22.9 Å². The number of rotatable bonds is 5. The number of carbonyl (C=O) groups is 1. The summed E-state index contributed by atoms with van der Waals surface area (Å²) in [6, 6.07) is 8.84. The quantitative estimate of drug-likeness (QED) is 0.566. The Morgan fingerprint density at radius 1 is 1.12 bits per heavy atom. The lowest BCUT2D eigenvalue weighted by Crippen LogP contribution is -2.37. The molecule has 1 N–H and O–H groups in total. The highest BCUT2D eigenvalue weighted by Crippen LogP contribution is 2.33. The van der Waals surface area contributed by atoms with E-state index in [1.807, 2.05) is 0 Å². The summed E-state index contributed by atoms with van der Waals surface area (Å²) >= 11 is 6.85. The Labute approximate surface area is 192 Å². The fourth-order valence-electron chi connectivity index (χ4n) is 3.37. The van der Waals surface area contributed by atoms with Gasteiger partial charge in [0.25, 0.3) is 5.91 Å². The van der Waals surface area contributed by atoms with Crippen molar-refractivity contribution >= 4 is 44.6 Å². The molecule has 0 bridgehead atoms. The predicted molar refractivity (Wildman–Crippen MR) is 116 cm³/mol. The molecule has 4 rings (SSSR count). The van der Waals surface area contributed by atoms with Crippen molar-refractivity contribution in [2.24, 2.45) is 0 Å². The van der Waals surface area contributed by atoms with Crippen LogP contribution in [0.4, 0.5) is 14.5 Å². The minimum absolute atomic E-state index is 0.0496. The van der Waals surface area contributed by atoms with Crippen molar-refractivity contribution < 1.29 is 22.0 Å². The summed E-state index contributed by atoms with van der Waals surface area (Å²) in [7, 11) is -3.80. The van der Waals surface area contributed by atoms with Crippen LogP contribution in [-0.4, -0.2) is 41.9 Å². The second-order valence-electron chi connectivity index (χ2n) is 7.16. The number of carbonyl (C=O) groups excluding carboxylic acids is 1. The number of aromatic nitrogens is 2. The lowest BCUT2D eigenvalue weighted by Gasteiger charge is -2.30. The van der Waals surface area contributed by atoms with E-state index in [-0.39, 0.29) is 33.9 Å². The first kappa shape index (κ1) is 22.7. The van der Waals surface area contributed by atoms with Gasteiger partial charge >= 0.3 is 0 Å².